The lowest BCUT2D eigenvalue weighted by Gasteiger charge is -2.30. The lowest BCUT2D eigenvalue weighted by Crippen LogP contribution is -2.44. The largest absolute Gasteiger partial charge is 0.367 e. The normalized spacial score (nSPS) is 16.3. The third-order valence-electron chi connectivity index (χ3n) is 2.99. The smallest absolute Gasteiger partial charge is 0.146 e. The van der Waals surface area contributed by atoms with Gasteiger partial charge in [0.15, 0.2) is 0 Å². The van der Waals surface area contributed by atoms with Gasteiger partial charge in [-0.05, 0) is 24.6 Å². The summed E-state index contributed by atoms with van der Waals surface area (Å²) in [7, 11) is 0. The van der Waals surface area contributed by atoms with E-state index in [1.54, 1.807) is 0 Å². The first-order valence-corrected chi connectivity index (χ1v) is 5.86. The van der Waals surface area contributed by atoms with Gasteiger partial charge in [-0.25, -0.2) is 8.78 Å². The van der Waals surface area contributed by atoms with E-state index in [-0.39, 0.29) is 11.6 Å². The summed E-state index contributed by atoms with van der Waals surface area (Å²) in [6.45, 7) is 3.32. The summed E-state index contributed by atoms with van der Waals surface area (Å²) in [6, 6.07) is 2.55. The van der Waals surface area contributed by atoms with E-state index in [9.17, 15) is 8.78 Å². The topological polar surface area (TPSA) is 41.3 Å². The van der Waals surface area contributed by atoms with Crippen molar-refractivity contribution in [2.24, 2.45) is 5.73 Å². The zero-order valence-corrected chi connectivity index (χ0v) is 9.68. The Morgan fingerprint density at radius 2 is 1.88 bits per heavy atom. The average molecular weight is 241 g/mol. The van der Waals surface area contributed by atoms with E-state index in [1.165, 1.54) is 12.1 Å². The first-order chi connectivity index (χ1) is 8.22. The van der Waals surface area contributed by atoms with E-state index >= 15 is 0 Å². The van der Waals surface area contributed by atoms with E-state index in [1.807, 2.05) is 4.90 Å². The van der Waals surface area contributed by atoms with Crippen molar-refractivity contribution in [2.75, 3.05) is 37.6 Å². The van der Waals surface area contributed by atoms with Crippen LogP contribution in [0.5, 0.6) is 0 Å². The Hall–Kier alpha value is -1.20. The predicted octanol–water partition coefficient (Wildman–Crippen LogP) is 0.876. The zero-order chi connectivity index (χ0) is 12.3. The van der Waals surface area contributed by atoms with E-state index in [0.29, 0.717) is 37.3 Å². The standard InChI is InChI=1S/C12H17F2N3/c13-10-8-12(17-5-3-16-4-6-17)11(14)7-9(10)1-2-15/h7-8,16H,1-6,15H2. The average Bonchev–Trinajstić information content (AvgIpc) is 2.35. The van der Waals surface area contributed by atoms with Crippen molar-refractivity contribution < 1.29 is 8.78 Å². The van der Waals surface area contributed by atoms with Gasteiger partial charge in [0.1, 0.15) is 11.6 Å². The Kier molecular flexibility index (Phi) is 3.91. The lowest BCUT2D eigenvalue weighted by molar-refractivity contribution is 0.553. The minimum atomic E-state index is -0.370. The molecular formula is C12H17F2N3. The maximum atomic E-state index is 13.9. The highest BCUT2D eigenvalue weighted by atomic mass is 19.1. The molecule has 1 aliphatic rings. The molecule has 3 N–H and O–H groups in total. The number of rotatable bonds is 3. The Balaban J connectivity index is 2.25. The second-order valence-electron chi connectivity index (χ2n) is 4.17. The number of hydrogen-bond donors (Lipinski definition) is 2. The molecule has 94 valence electrons. The van der Waals surface area contributed by atoms with Crippen LogP contribution < -0.4 is 16.0 Å². The van der Waals surface area contributed by atoms with Crippen molar-refractivity contribution in [3.05, 3.63) is 29.3 Å². The molecule has 17 heavy (non-hydrogen) atoms. The highest BCUT2D eigenvalue weighted by Crippen LogP contribution is 2.23. The van der Waals surface area contributed by atoms with Crippen LogP contribution >= 0.6 is 0 Å². The molecule has 1 aromatic carbocycles. The Morgan fingerprint density at radius 3 is 2.53 bits per heavy atom. The van der Waals surface area contributed by atoms with Crippen LogP contribution in [0.4, 0.5) is 14.5 Å². The molecule has 5 heteroatoms. The fraction of sp³-hybridized carbons (Fsp3) is 0.500. The molecule has 0 atom stereocenters. The fourth-order valence-corrected chi connectivity index (χ4v) is 2.07. The molecule has 0 unspecified atom stereocenters. The number of benzene rings is 1. The molecule has 1 saturated heterocycles. The van der Waals surface area contributed by atoms with Crippen LogP contribution in [0, 0.1) is 11.6 Å². The minimum Gasteiger partial charge on any atom is -0.367 e. The molecule has 1 aromatic rings. The summed E-state index contributed by atoms with van der Waals surface area (Å²) in [5.74, 6) is -0.734. The van der Waals surface area contributed by atoms with Crippen LogP contribution in [-0.2, 0) is 6.42 Å². The fourth-order valence-electron chi connectivity index (χ4n) is 2.07. The molecule has 0 radical (unpaired) electrons. The lowest BCUT2D eigenvalue weighted by atomic mass is 10.1. The van der Waals surface area contributed by atoms with Crippen LogP contribution in [0.3, 0.4) is 0 Å². The van der Waals surface area contributed by atoms with E-state index in [4.69, 9.17) is 5.73 Å². The summed E-state index contributed by atoms with van der Waals surface area (Å²) in [5, 5.41) is 3.18. The summed E-state index contributed by atoms with van der Waals surface area (Å²) < 4.78 is 27.6. The summed E-state index contributed by atoms with van der Waals surface area (Å²) in [6.07, 6.45) is 0.366. The van der Waals surface area contributed by atoms with Crippen molar-refractivity contribution in [1.29, 1.82) is 0 Å². The Labute approximate surface area is 99.6 Å². The highest BCUT2D eigenvalue weighted by Gasteiger charge is 2.17. The predicted molar refractivity (Wildman–Crippen MR) is 64.2 cm³/mol. The second-order valence-corrected chi connectivity index (χ2v) is 4.17. The molecule has 0 saturated carbocycles. The van der Waals surface area contributed by atoms with Crippen molar-refractivity contribution >= 4 is 5.69 Å². The van der Waals surface area contributed by atoms with Gasteiger partial charge in [-0.2, -0.15) is 0 Å². The molecule has 1 aliphatic heterocycles. The van der Waals surface area contributed by atoms with Gasteiger partial charge in [-0.1, -0.05) is 0 Å². The first kappa shape index (κ1) is 12.3. The number of piperazine rings is 1. The number of nitrogens with one attached hydrogen (secondary N) is 1. The number of nitrogens with two attached hydrogens (primary N) is 1. The van der Waals surface area contributed by atoms with E-state index in [0.717, 1.165) is 13.1 Å². The van der Waals surface area contributed by atoms with Gasteiger partial charge in [-0.15, -0.1) is 0 Å². The number of anilines is 1. The SMILES string of the molecule is NCCc1cc(F)c(N2CCNCC2)cc1F. The maximum Gasteiger partial charge on any atom is 0.146 e. The highest BCUT2D eigenvalue weighted by molar-refractivity contribution is 5.50. The molecule has 0 aromatic heterocycles. The molecule has 0 spiro atoms. The van der Waals surface area contributed by atoms with E-state index in [2.05, 4.69) is 5.32 Å². The monoisotopic (exact) mass is 241 g/mol. The van der Waals surface area contributed by atoms with Gasteiger partial charge in [0, 0.05) is 32.2 Å². The van der Waals surface area contributed by atoms with Crippen molar-refractivity contribution in [3.63, 3.8) is 0 Å². The molecule has 3 nitrogen and oxygen atoms in total. The zero-order valence-electron chi connectivity index (χ0n) is 9.68. The van der Waals surface area contributed by atoms with Gasteiger partial charge in [-0.3, -0.25) is 0 Å². The second kappa shape index (κ2) is 5.42. The molecule has 1 heterocycles. The van der Waals surface area contributed by atoms with Crippen LogP contribution in [-0.4, -0.2) is 32.7 Å². The van der Waals surface area contributed by atoms with Gasteiger partial charge in [0.05, 0.1) is 5.69 Å². The van der Waals surface area contributed by atoms with Crippen molar-refractivity contribution in [3.8, 4) is 0 Å². The Morgan fingerprint density at radius 1 is 1.18 bits per heavy atom. The van der Waals surface area contributed by atoms with Crippen LogP contribution in [0.25, 0.3) is 0 Å². The molecule has 0 bridgehead atoms. The quantitative estimate of drug-likeness (QED) is 0.825. The van der Waals surface area contributed by atoms with Gasteiger partial charge < -0.3 is 16.0 Å². The third kappa shape index (κ3) is 2.73. The summed E-state index contributed by atoms with van der Waals surface area (Å²) >= 11 is 0. The molecule has 2 rings (SSSR count). The maximum absolute atomic E-state index is 13.9. The Bertz CT molecular complexity index is 390. The minimum absolute atomic E-state index is 0.323. The van der Waals surface area contributed by atoms with E-state index < -0.39 is 0 Å². The molecule has 0 amide bonds. The summed E-state index contributed by atoms with van der Waals surface area (Å²) in [4.78, 5) is 1.86. The van der Waals surface area contributed by atoms with Gasteiger partial charge in [0.2, 0.25) is 0 Å². The van der Waals surface area contributed by atoms with Crippen LogP contribution in [0.15, 0.2) is 12.1 Å². The molecule has 0 aliphatic carbocycles. The van der Waals surface area contributed by atoms with Gasteiger partial charge >= 0.3 is 0 Å². The first-order valence-electron chi connectivity index (χ1n) is 5.86. The van der Waals surface area contributed by atoms with Crippen molar-refractivity contribution in [1.82, 2.24) is 5.32 Å². The summed E-state index contributed by atoms with van der Waals surface area (Å²) in [5.41, 5.74) is 6.06. The number of hydrogen-bond acceptors (Lipinski definition) is 3. The van der Waals surface area contributed by atoms with Gasteiger partial charge in [0.25, 0.3) is 0 Å². The van der Waals surface area contributed by atoms with Crippen LogP contribution in [0.2, 0.25) is 0 Å². The molecular weight excluding hydrogens is 224 g/mol. The third-order valence-corrected chi connectivity index (χ3v) is 2.99. The van der Waals surface area contributed by atoms with Crippen molar-refractivity contribution in [2.45, 2.75) is 6.42 Å². The van der Waals surface area contributed by atoms with Crippen LogP contribution in [0.1, 0.15) is 5.56 Å². The number of halogens is 2. The molecule has 1 fully saturated rings. The number of nitrogens with zero attached hydrogens (tertiary/aromatic N) is 1.